The van der Waals surface area contributed by atoms with Gasteiger partial charge < -0.3 is 26.3 Å². The third kappa shape index (κ3) is 2.46. The van der Waals surface area contributed by atoms with E-state index in [4.69, 9.17) is 20.9 Å². The van der Waals surface area contributed by atoms with Gasteiger partial charge >= 0.3 is 6.09 Å². The lowest BCUT2D eigenvalue weighted by atomic mass is 9.65. The molecule has 1 amide bonds. The number of fused-ring (bicyclic) bond motifs is 3. The number of primary amides is 1. The quantitative estimate of drug-likeness (QED) is 0.475. The van der Waals surface area contributed by atoms with Crippen LogP contribution in [0.4, 0.5) is 4.79 Å². The summed E-state index contributed by atoms with van der Waals surface area (Å²) >= 11 is 0. The fourth-order valence-electron chi connectivity index (χ4n) is 5.50. The van der Waals surface area contributed by atoms with Crippen LogP contribution in [0.5, 0.6) is 0 Å². The minimum atomic E-state index is -0.922. The molecule has 2 fully saturated rings. The lowest BCUT2D eigenvalue weighted by Gasteiger charge is -2.46. The number of amides is 1. The van der Waals surface area contributed by atoms with Crippen LogP contribution in [0, 0.1) is 11.8 Å². The Bertz CT molecular complexity index is 801. The average molecular weight is 375 g/mol. The van der Waals surface area contributed by atoms with E-state index in [0.717, 1.165) is 19.3 Å². The minimum absolute atomic E-state index is 0.0383. The van der Waals surface area contributed by atoms with Crippen LogP contribution in [-0.4, -0.2) is 49.1 Å². The summed E-state index contributed by atoms with van der Waals surface area (Å²) in [6.07, 6.45) is 2.24. The number of hydrogen-bond acceptors (Lipinski definition) is 7. The van der Waals surface area contributed by atoms with E-state index in [0.29, 0.717) is 23.6 Å². The van der Waals surface area contributed by atoms with Gasteiger partial charge in [-0.2, -0.15) is 0 Å². The van der Waals surface area contributed by atoms with Crippen LogP contribution < -0.4 is 16.8 Å². The molecule has 1 unspecified atom stereocenters. The highest BCUT2D eigenvalue weighted by Crippen LogP contribution is 2.54. The Balaban J connectivity index is 1.87. The maximum absolute atomic E-state index is 13.1. The van der Waals surface area contributed by atoms with Gasteiger partial charge in [0.25, 0.3) is 0 Å². The summed E-state index contributed by atoms with van der Waals surface area (Å²) in [7, 11) is 1.62. The fourth-order valence-corrected chi connectivity index (χ4v) is 5.50. The van der Waals surface area contributed by atoms with Crippen molar-refractivity contribution in [3.63, 3.8) is 0 Å². The summed E-state index contributed by atoms with van der Waals surface area (Å²) in [5.74, 6) is -1.02. The van der Waals surface area contributed by atoms with E-state index in [9.17, 15) is 14.4 Å². The van der Waals surface area contributed by atoms with E-state index in [1.54, 1.807) is 14.0 Å². The zero-order valence-corrected chi connectivity index (χ0v) is 15.5. The third-order valence-corrected chi connectivity index (χ3v) is 6.85. The second-order valence-electron chi connectivity index (χ2n) is 7.89. The Kier molecular flexibility index (Phi) is 4.16. The molecule has 1 saturated carbocycles. The molecule has 4 aliphatic rings. The van der Waals surface area contributed by atoms with Crippen LogP contribution in [0.2, 0.25) is 0 Å². The fraction of sp³-hybridized carbons (Fsp3) is 0.632. The van der Waals surface area contributed by atoms with Crippen molar-refractivity contribution >= 4 is 17.7 Å². The Morgan fingerprint density at radius 3 is 2.67 bits per heavy atom. The number of Topliss-reactive ketones (excluding diaryl/α,β-unsaturated/α-hetero) is 2. The van der Waals surface area contributed by atoms with Crippen molar-refractivity contribution in [2.45, 2.75) is 50.3 Å². The maximum Gasteiger partial charge on any atom is 0.404 e. The molecule has 0 bridgehead atoms. The SMILES string of the molecule is CO[C@]12C(CCC3=C(C(=O)C(N)=C(C)C3=O)[C@H]1COC(N)=O)CC[C@@H]1N[C@@H]12. The molecule has 8 heteroatoms. The molecular formula is C19H25N3O5. The first-order chi connectivity index (χ1) is 12.8. The van der Waals surface area contributed by atoms with E-state index < -0.39 is 17.6 Å². The van der Waals surface area contributed by atoms with Gasteiger partial charge in [-0.15, -0.1) is 0 Å². The minimum Gasteiger partial charge on any atom is -0.449 e. The second kappa shape index (κ2) is 6.17. The average Bonchev–Trinajstić information content (AvgIpc) is 3.44. The molecule has 1 heterocycles. The standard InChI is InChI=1S/C19H25N3O5/c1-8-14(20)16(24)13-10(15(8)23)5-3-9-4-6-12-17(22-12)19(9,26-2)11(13)7-27-18(21)25/h9,11-12,17,22H,3-7,20H2,1-2H3,(H2,21,25)/t9?,11-,12+,17+,19-/m1/s1. The van der Waals surface area contributed by atoms with Gasteiger partial charge in [-0.3, -0.25) is 9.59 Å². The molecule has 1 saturated heterocycles. The molecule has 5 N–H and O–H groups in total. The molecule has 3 aliphatic carbocycles. The van der Waals surface area contributed by atoms with Crippen LogP contribution in [0.3, 0.4) is 0 Å². The van der Waals surface area contributed by atoms with Gasteiger partial charge in [-0.1, -0.05) is 0 Å². The lowest BCUT2D eigenvalue weighted by Crippen LogP contribution is -2.57. The second-order valence-corrected chi connectivity index (χ2v) is 7.89. The van der Waals surface area contributed by atoms with E-state index >= 15 is 0 Å². The molecule has 0 aromatic carbocycles. The molecule has 0 aromatic heterocycles. The third-order valence-electron chi connectivity index (χ3n) is 6.85. The molecule has 8 nitrogen and oxygen atoms in total. The zero-order valence-electron chi connectivity index (χ0n) is 15.5. The van der Waals surface area contributed by atoms with Crippen LogP contribution in [0.25, 0.3) is 0 Å². The van der Waals surface area contributed by atoms with Crippen LogP contribution >= 0.6 is 0 Å². The van der Waals surface area contributed by atoms with Gasteiger partial charge in [0.15, 0.2) is 5.78 Å². The van der Waals surface area contributed by atoms with Crippen molar-refractivity contribution in [2.24, 2.45) is 23.3 Å². The van der Waals surface area contributed by atoms with Crippen molar-refractivity contribution in [1.82, 2.24) is 5.32 Å². The molecule has 0 spiro atoms. The van der Waals surface area contributed by atoms with Crippen molar-refractivity contribution in [3.05, 3.63) is 22.4 Å². The topological polar surface area (TPSA) is 144 Å². The van der Waals surface area contributed by atoms with Crippen LogP contribution in [0.15, 0.2) is 22.4 Å². The molecule has 27 heavy (non-hydrogen) atoms. The zero-order chi connectivity index (χ0) is 19.5. The summed E-state index contributed by atoms with van der Waals surface area (Å²) in [4.78, 5) is 37.4. The Morgan fingerprint density at radius 1 is 1.26 bits per heavy atom. The molecule has 1 aliphatic heterocycles. The maximum atomic E-state index is 13.1. The molecule has 0 aromatic rings. The predicted octanol–water partition coefficient (Wildman–Crippen LogP) is 0.308. The van der Waals surface area contributed by atoms with Gasteiger partial charge in [0.05, 0.1) is 23.3 Å². The number of ketones is 2. The number of ether oxygens (including phenoxy) is 2. The predicted molar refractivity (Wildman–Crippen MR) is 95.4 cm³/mol. The summed E-state index contributed by atoms with van der Waals surface area (Å²) in [6, 6.07) is 0.356. The van der Waals surface area contributed by atoms with E-state index in [1.165, 1.54) is 0 Å². The molecule has 0 radical (unpaired) electrons. The first-order valence-electron chi connectivity index (χ1n) is 9.35. The molecule has 5 atom stereocenters. The van der Waals surface area contributed by atoms with E-state index in [1.807, 2.05) is 0 Å². The largest absolute Gasteiger partial charge is 0.449 e. The summed E-state index contributed by atoms with van der Waals surface area (Å²) in [5.41, 5.74) is 11.5. The Hall–Kier alpha value is -2.19. The van der Waals surface area contributed by atoms with Gasteiger partial charge in [-0.05, 0) is 38.5 Å². The van der Waals surface area contributed by atoms with E-state index in [-0.39, 0.29) is 41.4 Å². The van der Waals surface area contributed by atoms with Gasteiger partial charge in [-0.25, -0.2) is 4.79 Å². The number of nitrogens with one attached hydrogen (secondary N) is 1. The number of carbonyl (C=O) groups excluding carboxylic acids is 3. The first-order valence-corrected chi connectivity index (χ1v) is 9.35. The van der Waals surface area contributed by atoms with Crippen molar-refractivity contribution in [1.29, 1.82) is 0 Å². The molecule has 146 valence electrons. The highest BCUT2D eigenvalue weighted by Gasteiger charge is 2.65. The smallest absolute Gasteiger partial charge is 0.404 e. The van der Waals surface area contributed by atoms with Crippen LogP contribution in [0.1, 0.15) is 32.6 Å². The van der Waals surface area contributed by atoms with Gasteiger partial charge in [0, 0.05) is 29.9 Å². The molecule has 4 rings (SSSR count). The first kappa shape index (κ1) is 18.2. The van der Waals surface area contributed by atoms with Gasteiger partial charge in [0.1, 0.15) is 6.61 Å². The lowest BCUT2D eigenvalue weighted by molar-refractivity contribution is -0.126. The summed E-state index contributed by atoms with van der Waals surface area (Å²) in [5, 5.41) is 3.45. The highest BCUT2D eigenvalue weighted by atomic mass is 16.5. The number of rotatable bonds is 3. The van der Waals surface area contributed by atoms with Crippen molar-refractivity contribution < 1.29 is 23.9 Å². The monoisotopic (exact) mass is 375 g/mol. The Morgan fingerprint density at radius 2 is 2.00 bits per heavy atom. The van der Waals surface area contributed by atoms with E-state index in [2.05, 4.69) is 5.32 Å². The number of methoxy groups -OCH3 is 1. The highest BCUT2D eigenvalue weighted by molar-refractivity contribution is 6.25. The summed E-state index contributed by atoms with van der Waals surface area (Å²) < 4.78 is 11.3. The van der Waals surface area contributed by atoms with Crippen molar-refractivity contribution in [2.75, 3.05) is 13.7 Å². The normalized spacial score (nSPS) is 38.0. The number of nitrogens with two attached hydrogens (primary N) is 2. The van der Waals surface area contributed by atoms with Crippen molar-refractivity contribution in [3.8, 4) is 0 Å². The number of allylic oxidation sites excluding steroid dienone is 3. The number of carbonyl (C=O) groups is 3. The van der Waals surface area contributed by atoms with Gasteiger partial charge in [0.2, 0.25) is 5.78 Å². The summed E-state index contributed by atoms with van der Waals surface area (Å²) in [6.45, 7) is 1.46. The Labute approximate surface area is 157 Å². The number of hydrogen-bond donors (Lipinski definition) is 3. The van der Waals surface area contributed by atoms with Crippen LogP contribution in [-0.2, 0) is 19.1 Å². The molecular weight excluding hydrogens is 350 g/mol.